The number of hydrogen-bond donors (Lipinski definition) is 2. The lowest BCUT2D eigenvalue weighted by atomic mass is 10.1. The van der Waals surface area contributed by atoms with Gasteiger partial charge >= 0.3 is 0 Å². The van der Waals surface area contributed by atoms with E-state index in [-0.39, 0.29) is 11.2 Å². The van der Waals surface area contributed by atoms with Crippen molar-refractivity contribution in [1.29, 1.82) is 0 Å². The van der Waals surface area contributed by atoms with Gasteiger partial charge in [0.2, 0.25) is 5.91 Å². The van der Waals surface area contributed by atoms with Crippen LogP contribution < -0.4 is 5.32 Å². The van der Waals surface area contributed by atoms with Gasteiger partial charge in [-0.05, 0) is 18.8 Å². The van der Waals surface area contributed by atoms with Gasteiger partial charge < -0.3 is 5.32 Å². The first kappa shape index (κ1) is 12.9. The van der Waals surface area contributed by atoms with Crippen molar-refractivity contribution < 1.29 is 4.79 Å². The molecule has 2 nitrogen and oxygen atoms in total. The Morgan fingerprint density at radius 2 is 1.73 bits per heavy atom. The van der Waals surface area contributed by atoms with Crippen LogP contribution in [0.1, 0.15) is 52.4 Å². The molecule has 0 bridgehead atoms. The van der Waals surface area contributed by atoms with Crippen LogP contribution in [0.4, 0.5) is 0 Å². The highest BCUT2D eigenvalue weighted by molar-refractivity contribution is 7.81. The summed E-state index contributed by atoms with van der Waals surface area (Å²) < 4.78 is 0. The first-order chi connectivity index (χ1) is 7.11. The zero-order valence-corrected chi connectivity index (χ0v) is 10.7. The Hall–Kier alpha value is -0.180. The van der Waals surface area contributed by atoms with E-state index in [1.807, 2.05) is 13.8 Å². The van der Waals surface area contributed by atoms with Gasteiger partial charge in [-0.15, -0.1) is 0 Å². The average Bonchev–Trinajstić information content (AvgIpc) is 2.45. The smallest absolute Gasteiger partial charge is 0.233 e. The van der Waals surface area contributed by atoms with E-state index >= 15 is 0 Å². The summed E-state index contributed by atoms with van der Waals surface area (Å²) in [5.74, 6) is 0.416. The second-order valence-corrected chi connectivity index (χ2v) is 5.44. The largest absolute Gasteiger partial charge is 0.352 e. The average molecular weight is 229 g/mol. The fourth-order valence-corrected chi connectivity index (χ4v) is 2.09. The van der Waals surface area contributed by atoms with E-state index in [1.54, 1.807) is 0 Å². The van der Waals surface area contributed by atoms with Crippen LogP contribution in [0.5, 0.6) is 0 Å². The van der Waals surface area contributed by atoms with E-state index in [9.17, 15) is 4.79 Å². The van der Waals surface area contributed by atoms with Crippen molar-refractivity contribution in [2.24, 2.45) is 5.92 Å². The van der Waals surface area contributed by atoms with E-state index in [4.69, 9.17) is 0 Å². The minimum absolute atomic E-state index is 0.111. The van der Waals surface area contributed by atoms with Gasteiger partial charge in [-0.2, -0.15) is 12.6 Å². The van der Waals surface area contributed by atoms with Gasteiger partial charge in [-0.25, -0.2) is 0 Å². The molecule has 15 heavy (non-hydrogen) atoms. The van der Waals surface area contributed by atoms with Crippen LogP contribution in [0.25, 0.3) is 0 Å². The van der Waals surface area contributed by atoms with Crippen molar-refractivity contribution in [2.75, 3.05) is 0 Å². The van der Waals surface area contributed by atoms with Gasteiger partial charge in [0, 0.05) is 6.04 Å². The monoisotopic (exact) mass is 229 g/mol. The topological polar surface area (TPSA) is 29.1 Å². The third-order valence-electron chi connectivity index (χ3n) is 3.10. The second-order valence-electron chi connectivity index (χ2n) is 4.89. The number of carbonyl (C=O) groups is 1. The summed E-state index contributed by atoms with van der Waals surface area (Å²) in [6.07, 6.45) is 7.43. The summed E-state index contributed by atoms with van der Waals surface area (Å²) in [6.45, 7) is 4.06. The lowest BCUT2D eigenvalue weighted by Gasteiger charge is -2.20. The maximum Gasteiger partial charge on any atom is 0.233 e. The van der Waals surface area contributed by atoms with E-state index in [0.717, 1.165) is 12.8 Å². The Bertz CT molecular complexity index is 198. The predicted octanol–water partition coefficient (Wildman–Crippen LogP) is 2.78. The van der Waals surface area contributed by atoms with Gasteiger partial charge in [0.15, 0.2) is 0 Å². The Kier molecular flexibility index (Phi) is 5.51. The van der Waals surface area contributed by atoms with Crippen LogP contribution in [0.2, 0.25) is 0 Å². The van der Waals surface area contributed by atoms with Crippen molar-refractivity contribution in [1.82, 2.24) is 5.32 Å². The minimum atomic E-state index is -0.159. The van der Waals surface area contributed by atoms with Crippen LogP contribution in [-0.4, -0.2) is 17.2 Å². The highest BCUT2D eigenvalue weighted by Gasteiger charge is 2.21. The summed E-state index contributed by atoms with van der Waals surface area (Å²) >= 11 is 4.33. The molecule has 0 aliphatic heterocycles. The summed E-state index contributed by atoms with van der Waals surface area (Å²) in [5.41, 5.74) is 0. The molecule has 1 unspecified atom stereocenters. The molecule has 88 valence electrons. The Morgan fingerprint density at radius 3 is 2.20 bits per heavy atom. The highest BCUT2D eigenvalue weighted by Crippen LogP contribution is 2.18. The predicted molar refractivity (Wildman–Crippen MR) is 67.2 cm³/mol. The zero-order valence-electron chi connectivity index (χ0n) is 9.83. The van der Waals surface area contributed by atoms with Crippen molar-refractivity contribution in [2.45, 2.75) is 63.7 Å². The van der Waals surface area contributed by atoms with E-state index in [2.05, 4.69) is 17.9 Å². The fraction of sp³-hybridized carbons (Fsp3) is 0.917. The first-order valence-electron chi connectivity index (χ1n) is 6.09. The highest BCUT2D eigenvalue weighted by atomic mass is 32.1. The van der Waals surface area contributed by atoms with Crippen molar-refractivity contribution in [3.63, 3.8) is 0 Å². The van der Waals surface area contributed by atoms with Gasteiger partial charge in [0.05, 0.1) is 5.25 Å². The number of hydrogen-bond acceptors (Lipinski definition) is 2. The van der Waals surface area contributed by atoms with Gasteiger partial charge in [0.25, 0.3) is 0 Å². The minimum Gasteiger partial charge on any atom is -0.352 e. The molecule has 1 N–H and O–H groups in total. The lowest BCUT2D eigenvalue weighted by Crippen LogP contribution is -2.41. The maximum atomic E-state index is 11.8. The van der Waals surface area contributed by atoms with Crippen LogP contribution >= 0.6 is 12.6 Å². The number of thiol groups is 1. The molecule has 0 heterocycles. The van der Waals surface area contributed by atoms with Crippen LogP contribution in [-0.2, 0) is 4.79 Å². The molecule has 1 fully saturated rings. The van der Waals surface area contributed by atoms with Crippen LogP contribution in [0.3, 0.4) is 0 Å². The third-order valence-corrected chi connectivity index (χ3v) is 3.93. The molecule has 1 rings (SSSR count). The molecule has 0 saturated heterocycles. The molecule has 0 aromatic rings. The van der Waals surface area contributed by atoms with Crippen molar-refractivity contribution >= 4 is 18.5 Å². The fourth-order valence-electron chi connectivity index (χ4n) is 2.01. The Labute approximate surface area is 98.6 Å². The molecule has 1 saturated carbocycles. The normalized spacial score (nSPS) is 21.1. The lowest BCUT2D eigenvalue weighted by molar-refractivity contribution is -0.122. The van der Waals surface area contributed by atoms with Crippen molar-refractivity contribution in [3.8, 4) is 0 Å². The number of nitrogens with one attached hydrogen (secondary N) is 1. The van der Waals surface area contributed by atoms with Gasteiger partial charge in [-0.1, -0.05) is 39.5 Å². The first-order valence-corrected chi connectivity index (χ1v) is 6.61. The van der Waals surface area contributed by atoms with E-state index in [0.29, 0.717) is 12.0 Å². The van der Waals surface area contributed by atoms with Crippen molar-refractivity contribution in [3.05, 3.63) is 0 Å². The SMILES string of the molecule is CC(C)C(S)C(=O)NC1CCCCCC1. The molecular weight excluding hydrogens is 206 g/mol. The molecule has 3 heteroatoms. The Balaban J connectivity index is 2.35. The third kappa shape index (κ3) is 4.45. The zero-order chi connectivity index (χ0) is 11.3. The summed E-state index contributed by atoms with van der Waals surface area (Å²) in [5, 5.41) is 2.97. The molecule has 1 amide bonds. The molecule has 1 aliphatic rings. The number of carbonyl (C=O) groups excluding carboxylic acids is 1. The van der Waals surface area contributed by atoms with E-state index < -0.39 is 0 Å². The second kappa shape index (κ2) is 6.41. The molecule has 0 spiro atoms. The molecule has 0 aromatic carbocycles. The molecule has 1 aliphatic carbocycles. The molecule has 0 aromatic heterocycles. The molecule has 1 atom stereocenters. The van der Waals surface area contributed by atoms with Gasteiger partial charge in [-0.3, -0.25) is 4.79 Å². The summed E-state index contributed by atoms with van der Waals surface area (Å²) in [6, 6.07) is 0.397. The standard InChI is InChI=1S/C12H23NOS/c1-9(2)11(15)12(14)13-10-7-5-3-4-6-8-10/h9-11,15H,3-8H2,1-2H3,(H,13,14). The van der Waals surface area contributed by atoms with Crippen LogP contribution in [0.15, 0.2) is 0 Å². The number of rotatable bonds is 3. The van der Waals surface area contributed by atoms with Crippen LogP contribution in [0, 0.1) is 5.92 Å². The van der Waals surface area contributed by atoms with Gasteiger partial charge in [0.1, 0.15) is 0 Å². The maximum absolute atomic E-state index is 11.8. The number of amides is 1. The van der Waals surface area contributed by atoms with E-state index in [1.165, 1.54) is 25.7 Å². The molecule has 0 radical (unpaired) electrons. The quantitative estimate of drug-likeness (QED) is 0.565. The summed E-state index contributed by atoms with van der Waals surface area (Å²) in [4.78, 5) is 11.8. The molecular formula is C12H23NOS. The Morgan fingerprint density at radius 1 is 1.20 bits per heavy atom. The summed E-state index contributed by atoms with van der Waals surface area (Å²) in [7, 11) is 0.